The number of anilines is 1. The minimum Gasteiger partial charge on any atom is -0.320 e. The molecule has 1 aromatic carbocycles. The lowest BCUT2D eigenvalue weighted by Gasteiger charge is -2.10. The lowest BCUT2D eigenvalue weighted by Crippen LogP contribution is -2.17. The zero-order valence-corrected chi connectivity index (χ0v) is 11.4. The first-order valence-corrected chi connectivity index (χ1v) is 7.14. The summed E-state index contributed by atoms with van der Waals surface area (Å²) in [4.78, 5) is 19.5. The van der Waals surface area contributed by atoms with Crippen LogP contribution in [0.1, 0.15) is 16.1 Å². The number of benzene rings is 1. The van der Waals surface area contributed by atoms with E-state index in [0.717, 1.165) is 0 Å². The van der Waals surface area contributed by atoms with Crippen LogP contribution in [0.3, 0.4) is 0 Å². The van der Waals surface area contributed by atoms with Crippen LogP contribution in [0.15, 0.2) is 41.7 Å². The number of carbonyl (C=O) groups excluding carboxylic acids is 1. The first-order valence-electron chi connectivity index (χ1n) is 5.59. The highest BCUT2D eigenvalue weighted by Gasteiger charge is 2.16. The molecule has 0 aliphatic heterocycles. The number of nitrogens with one attached hydrogen (secondary N) is 1. The highest BCUT2D eigenvalue weighted by Crippen LogP contribution is 2.22. The fourth-order valence-corrected chi connectivity index (χ4v) is 2.47. The van der Waals surface area contributed by atoms with Gasteiger partial charge in [-0.3, -0.25) is 9.78 Å². The molecule has 3 N–H and O–H groups in total. The van der Waals surface area contributed by atoms with E-state index in [2.05, 4.69) is 15.3 Å². The van der Waals surface area contributed by atoms with Gasteiger partial charge in [0.1, 0.15) is 5.69 Å². The first-order chi connectivity index (χ1) is 9.39. The highest BCUT2D eigenvalue weighted by molar-refractivity contribution is 7.89. The summed E-state index contributed by atoms with van der Waals surface area (Å²) in [5.74, 6) is -0.479. The van der Waals surface area contributed by atoms with E-state index in [0.29, 0.717) is 11.3 Å². The van der Waals surface area contributed by atoms with Crippen LogP contribution in [-0.2, 0) is 10.0 Å². The second-order valence-electron chi connectivity index (χ2n) is 4.02. The Morgan fingerprint density at radius 3 is 2.65 bits per heavy atom. The lowest BCUT2D eigenvalue weighted by molar-refractivity contribution is 0.102. The summed E-state index contributed by atoms with van der Waals surface area (Å²) in [6, 6.07) is 4.46. The van der Waals surface area contributed by atoms with E-state index >= 15 is 0 Å². The van der Waals surface area contributed by atoms with Gasteiger partial charge >= 0.3 is 0 Å². The zero-order chi connectivity index (χ0) is 14.8. The molecule has 0 spiro atoms. The van der Waals surface area contributed by atoms with Crippen LogP contribution < -0.4 is 10.5 Å². The maximum absolute atomic E-state index is 11.9. The second-order valence-corrected chi connectivity index (χ2v) is 5.55. The number of hydrogen-bond donors (Lipinski definition) is 2. The van der Waals surface area contributed by atoms with Crippen molar-refractivity contribution < 1.29 is 13.2 Å². The molecule has 0 atom stereocenters. The molecule has 2 rings (SSSR count). The number of amides is 1. The van der Waals surface area contributed by atoms with Gasteiger partial charge in [-0.25, -0.2) is 18.5 Å². The molecule has 0 saturated heterocycles. The molecule has 1 amide bonds. The van der Waals surface area contributed by atoms with Crippen molar-refractivity contribution >= 4 is 21.6 Å². The Labute approximate surface area is 115 Å². The SMILES string of the molecule is Cc1c(NC(=O)c2cnccn2)cccc1S(N)(=O)=O. The summed E-state index contributed by atoms with van der Waals surface area (Å²) >= 11 is 0. The van der Waals surface area contributed by atoms with Gasteiger partial charge in [0.2, 0.25) is 10.0 Å². The quantitative estimate of drug-likeness (QED) is 0.863. The number of carbonyl (C=O) groups is 1. The van der Waals surface area contributed by atoms with Gasteiger partial charge < -0.3 is 5.32 Å². The van der Waals surface area contributed by atoms with E-state index in [1.54, 1.807) is 13.0 Å². The maximum atomic E-state index is 11.9. The van der Waals surface area contributed by atoms with E-state index in [1.165, 1.54) is 30.7 Å². The van der Waals surface area contributed by atoms with Crippen LogP contribution in [0.2, 0.25) is 0 Å². The third-order valence-electron chi connectivity index (χ3n) is 2.63. The van der Waals surface area contributed by atoms with E-state index in [1.807, 2.05) is 0 Å². The molecule has 7 nitrogen and oxygen atoms in total. The molecular formula is C12H12N4O3S. The first kappa shape index (κ1) is 14.1. The van der Waals surface area contributed by atoms with Gasteiger partial charge in [-0.2, -0.15) is 0 Å². The largest absolute Gasteiger partial charge is 0.320 e. The Kier molecular flexibility index (Phi) is 3.77. The predicted molar refractivity (Wildman–Crippen MR) is 72.5 cm³/mol. The monoisotopic (exact) mass is 292 g/mol. The van der Waals surface area contributed by atoms with E-state index < -0.39 is 15.9 Å². The van der Waals surface area contributed by atoms with Crippen molar-refractivity contribution in [3.63, 3.8) is 0 Å². The van der Waals surface area contributed by atoms with Gasteiger partial charge in [-0.1, -0.05) is 6.07 Å². The number of nitrogens with zero attached hydrogens (tertiary/aromatic N) is 2. The number of sulfonamides is 1. The third kappa shape index (κ3) is 2.98. The van der Waals surface area contributed by atoms with E-state index in [9.17, 15) is 13.2 Å². The number of hydrogen-bond acceptors (Lipinski definition) is 5. The maximum Gasteiger partial charge on any atom is 0.275 e. The van der Waals surface area contributed by atoms with Gasteiger partial charge in [0.25, 0.3) is 5.91 Å². The van der Waals surface area contributed by atoms with Crippen molar-refractivity contribution in [1.82, 2.24) is 9.97 Å². The molecule has 1 heterocycles. The summed E-state index contributed by atoms with van der Waals surface area (Å²) in [5, 5.41) is 7.68. The standard InChI is InChI=1S/C12H12N4O3S/c1-8-9(3-2-4-11(8)20(13,18)19)16-12(17)10-7-14-5-6-15-10/h2-7H,1H3,(H,16,17)(H2,13,18,19). The number of nitrogens with two attached hydrogens (primary N) is 1. The summed E-state index contributed by atoms with van der Waals surface area (Å²) in [6.07, 6.45) is 4.15. The van der Waals surface area contributed by atoms with Crippen molar-refractivity contribution in [2.24, 2.45) is 5.14 Å². The van der Waals surface area contributed by atoms with Crippen LogP contribution in [0, 0.1) is 6.92 Å². The van der Waals surface area contributed by atoms with Gasteiger partial charge in [-0.15, -0.1) is 0 Å². The van der Waals surface area contributed by atoms with Gasteiger partial charge in [-0.05, 0) is 24.6 Å². The molecule has 0 radical (unpaired) electrons. The Bertz CT molecular complexity index is 745. The summed E-state index contributed by atoms with van der Waals surface area (Å²) in [7, 11) is -3.84. The third-order valence-corrected chi connectivity index (χ3v) is 3.69. The van der Waals surface area contributed by atoms with Crippen LogP contribution in [0.4, 0.5) is 5.69 Å². The Balaban J connectivity index is 2.34. The van der Waals surface area contributed by atoms with Crippen LogP contribution in [-0.4, -0.2) is 24.3 Å². The van der Waals surface area contributed by atoms with Crippen molar-refractivity contribution in [2.75, 3.05) is 5.32 Å². The van der Waals surface area contributed by atoms with Crippen molar-refractivity contribution in [2.45, 2.75) is 11.8 Å². The number of aromatic nitrogens is 2. The zero-order valence-electron chi connectivity index (χ0n) is 10.6. The molecule has 0 bridgehead atoms. The molecule has 8 heteroatoms. The molecule has 0 aliphatic rings. The Hall–Kier alpha value is -2.32. The fraction of sp³-hybridized carbons (Fsp3) is 0.0833. The summed E-state index contributed by atoms with van der Waals surface area (Å²) in [5.41, 5.74) is 0.854. The fourth-order valence-electron chi connectivity index (χ4n) is 1.66. The van der Waals surface area contributed by atoms with Gasteiger partial charge in [0, 0.05) is 18.1 Å². The second kappa shape index (κ2) is 5.35. The number of primary sulfonamides is 1. The Morgan fingerprint density at radius 2 is 2.05 bits per heavy atom. The van der Waals surface area contributed by atoms with Crippen LogP contribution in [0.25, 0.3) is 0 Å². The van der Waals surface area contributed by atoms with Crippen molar-refractivity contribution in [3.05, 3.63) is 48.0 Å². The molecule has 104 valence electrons. The van der Waals surface area contributed by atoms with Gasteiger partial charge in [0.05, 0.1) is 11.1 Å². The summed E-state index contributed by atoms with van der Waals surface area (Å²) < 4.78 is 22.8. The average molecular weight is 292 g/mol. The lowest BCUT2D eigenvalue weighted by atomic mass is 10.2. The summed E-state index contributed by atoms with van der Waals surface area (Å²) in [6.45, 7) is 1.56. The molecule has 20 heavy (non-hydrogen) atoms. The Morgan fingerprint density at radius 1 is 1.30 bits per heavy atom. The van der Waals surface area contributed by atoms with Crippen molar-refractivity contribution in [1.29, 1.82) is 0 Å². The highest BCUT2D eigenvalue weighted by atomic mass is 32.2. The van der Waals surface area contributed by atoms with Gasteiger partial charge in [0.15, 0.2) is 0 Å². The van der Waals surface area contributed by atoms with Crippen molar-refractivity contribution in [3.8, 4) is 0 Å². The van der Waals surface area contributed by atoms with E-state index in [-0.39, 0.29) is 10.6 Å². The molecule has 2 aromatic rings. The van der Waals surface area contributed by atoms with E-state index in [4.69, 9.17) is 5.14 Å². The molecule has 0 saturated carbocycles. The average Bonchev–Trinajstić information content (AvgIpc) is 2.40. The van der Waals surface area contributed by atoms with Crippen LogP contribution >= 0.6 is 0 Å². The molecule has 0 unspecified atom stereocenters. The predicted octanol–water partition coefficient (Wildman–Crippen LogP) is 0.685. The molecular weight excluding hydrogens is 280 g/mol. The smallest absolute Gasteiger partial charge is 0.275 e. The number of rotatable bonds is 3. The molecule has 1 aromatic heterocycles. The molecule has 0 aliphatic carbocycles. The minimum absolute atomic E-state index is 0.0329. The normalized spacial score (nSPS) is 11.1. The van der Waals surface area contributed by atoms with Crippen LogP contribution in [0.5, 0.6) is 0 Å². The minimum atomic E-state index is -3.84. The molecule has 0 fully saturated rings. The topological polar surface area (TPSA) is 115 Å².